The van der Waals surface area contributed by atoms with Gasteiger partial charge in [0.1, 0.15) is 0 Å². The molecule has 0 spiro atoms. The van der Waals surface area contributed by atoms with E-state index in [1.54, 1.807) is 0 Å². The highest BCUT2D eigenvalue weighted by atomic mass is 35.5. The molecule has 1 saturated heterocycles. The molecule has 1 aliphatic heterocycles. The Morgan fingerprint density at radius 3 is 2.81 bits per heavy atom. The van der Waals surface area contributed by atoms with Gasteiger partial charge in [-0.05, 0) is 26.2 Å². The van der Waals surface area contributed by atoms with Crippen molar-refractivity contribution in [1.82, 2.24) is 4.72 Å². The zero-order chi connectivity index (χ0) is 12.0. The lowest BCUT2D eigenvalue weighted by Crippen LogP contribution is -2.39. The Hall–Kier alpha value is 0.160. The smallest absolute Gasteiger partial charge is 0.211 e. The van der Waals surface area contributed by atoms with E-state index < -0.39 is 10.0 Å². The summed E-state index contributed by atoms with van der Waals surface area (Å²) in [5.41, 5.74) is 0. The summed E-state index contributed by atoms with van der Waals surface area (Å²) < 4.78 is 31.3. The molecule has 16 heavy (non-hydrogen) atoms. The number of ether oxygens (including phenoxy) is 1. The molecule has 2 unspecified atom stereocenters. The Bertz CT molecular complexity index is 288. The van der Waals surface area contributed by atoms with Crippen LogP contribution in [0.2, 0.25) is 0 Å². The average Bonchev–Trinajstić information content (AvgIpc) is 2.69. The number of nitrogens with one attached hydrogen (secondary N) is 1. The normalized spacial score (nSPS) is 23.5. The standard InChI is InChI=1S/C10H20ClNO3S/c1-9(10-4-6-15-8-10)12-16(13,14)7-3-2-5-11/h9-10,12H,2-8H2,1H3. The lowest BCUT2D eigenvalue weighted by molar-refractivity contribution is 0.180. The van der Waals surface area contributed by atoms with Gasteiger partial charge >= 0.3 is 0 Å². The van der Waals surface area contributed by atoms with Crippen LogP contribution in [0.1, 0.15) is 26.2 Å². The second-order valence-corrected chi connectivity index (χ2v) is 6.50. The molecule has 6 heteroatoms. The van der Waals surface area contributed by atoms with Gasteiger partial charge in [0.15, 0.2) is 0 Å². The molecule has 1 rings (SSSR count). The van der Waals surface area contributed by atoms with Crippen LogP contribution in [0.25, 0.3) is 0 Å². The largest absolute Gasteiger partial charge is 0.381 e. The van der Waals surface area contributed by atoms with Crippen molar-refractivity contribution < 1.29 is 13.2 Å². The third-order valence-electron chi connectivity index (χ3n) is 2.83. The van der Waals surface area contributed by atoms with Crippen molar-refractivity contribution in [2.75, 3.05) is 24.8 Å². The van der Waals surface area contributed by atoms with Crippen molar-refractivity contribution in [1.29, 1.82) is 0 Å². The fraction of sp³-hybridized carbons (Fsp3) is 1.00. The molecule has 0 aliphatic carbocycles. The lowest BCUT2D eigenvalue weighted by Gasteiger charge is -2.19. The molecule has 2 atom stereocenters. The molecule has 0 aromatic rings. The molecule has 0 saturated carbocycles. The van der Waals surface area contributed by atoms with E-state index in [0.29, 0.717) is 24.8 Å². The maximum atomic E-state index is 11.7. The van der Waals surface area contributed by atoms with Gasteiger partial charge in [-0.1, -0.05) is 0 Å². The maximum absolute atomic E-state index is 11.7. The third-order valence-corrected chi connectivity index (χ3v) is 4.66. The molecular weight excluding hydrogens is 250 g/mol. The Labute approximate surface area is 103 Å². The summed E-state index contributed by atoms with van der Waals surface area (Å²) in [6, 6.07) is -0.0384. The Morgan fingerprint density at radius 2 is 2.25 bits per heavy atom. The average molecular weight is 270 g/mol. The first-order valence-electron chi connectivity index (χ1n) is 5.69. The monoisotopic (exact) mass is 269 g/mol. The molecule has 0 radical (unpaired) electrons. The molecule has 1 heterocycles. The van der Waals surface area contributed by atoms with Gasteiger partial charge in [0.2, 0.25) is 10.0 Å². The summed E-state index contributed by atoms with van der Waals surface area (Å²) >= 11 is 5.51. The van der Waals surface area contributed by atoms with Crippen LogP contribution in [0.5, 0.6) is 0 Å². The van der Waals surface area contributed by atoms with Gasteiger partial charge in [-0.15, -0.1) is 11.6 Å². The maximum Gasteiger partial charge on any atom is 0.211 e. The van der Waals surface area contributed by atoms with E-state index in [0.717, 1.165) is 19.4 Å². The fourth-order valence-corrected chi connectivity index (χ4v) is 3.42. The van der Waals surface area contributed by atoms with Crippen molar-refractivity contribution in [3.05, 3.63) is 0 Å². The van der Waals surface area contributed by atoms with Gasteiger partial charge in [0.05, 0.1) is 12.4 Å². The van der Waals surface area contributed by atoms with E-state index in [-0.39, 0.29) is 11.8 Å². The van der Waals surface area contributed by atoms with Crippen LogP contribution in [0.15, 0.2) is 0 Å². The summed E-state index contributed by atoms with van der Waals surface area (Å²) in [6.45, 7) is 3.30. The highest BCUT2D eigenvalue weighted by Crippen LogP contribution is 2.17. The van der Waals surface area contributed by atoms with Crippen LogP contribution >= 0.6 is 11.6 Å². The summed E-state index contributed by atoms with van der Waals surface area (Å²) in [7, 11) is -3.15. The first kappa shape index (κ1) is 14.2. The zero-order valence-corrected chi connectivity index (χ0v) is 11.2. The Kier molecular flexibility index (Phi) is 6.03. The zero-order valence-electron chi connectivity index (χ0n) is 9.62. The number of alkyl halides is 1. The van der Waals surface area contributed by atoms with Gasteiger partial charge < -0.3 is 4.74 Å². The first-order valence-corrected chi connectivity index (χ1v) is 7.87. The highest BCUT2D eigenvalue weighted by molar-refractivity contribution is 7.89. The minimum Gasteiger partial charge on any atom is -0.381 e. The van der Waals surface area contributed by atoms with Gasteiger partial charge in [-0.2, -0.15) is 0 Å². The molecule has 96 valence electrons. The topological polar surface area (TPSA) is 55.4 Å². The molecule has 1 N–H and O–H groups in total. The number of halogens is 1. The van der Waals surface area contributed by atoms with Gasteiger partial charge in [-0.3, -0.25) is 0 Å². The van der Waals surface area contributed by atoms with Gasteiger partial charge in [0.25, 0.3) is 0 Å². The van der Waals surface area contributed by atoms with Crippen molar-refractivity contribution in [2.24, 2.45) is 5.92 Å². The molecule has 0 bridgehead atoms. The van der Waals surface area contributed by atoms with Gasteiger partial charge in [0, 0.05) is 24.4 Å². The number of hydrogen-bond acceptors (Lipinski definition) is 3. The molecule has 1 fully saturated rings. The molecule has 0 aromatic carbocycles. The van der Waals surface area contributed by atoms with Gasteiger partial charge in [-0.25, -0.2) is 13.1 Å². The fourth-order valence-electron chi connectivity index (χ4n) is 1.77. The SMILES string of the molecule is CC(NS(=O)(=O)CCCCCl)C1CCOC1. The van der Waals surface area contributed by atoms with E-state index in [2.05, 4.69) is 4.72 Å². The molecule has 4 nitrogen and oxygen atoms in total. The van der Waals surface area contributed by atoms with E-state index in [1.807, 2.05) is 6.92 Å². The number of unbranched alkanes of at least 4 members (excludes halogenated alkanes) is 1. The van der Waals surface area contributed by atoms with Crippen LogP contribution < -0.4 is 4.72 Å². The van der Waals surface area contributed by atoms with Crippen LogP contribution in [0, 0.1) is 5.92 Å². The number of sulfonamides is 1. The van der Waals surface area contributed by atoms with Crippen molar-refractivity contribution in [3.63, 3.8) is 0 Å². The predicted octanol–water partition coefficient (Wildman–Crippen LogP) is 1.35. The lowest BCUT2D eigenvalue weighted by atomic mass is 10.0. The van der Waals surface area contributed by atoms with Crippen LogP contribution in [0.3, 0.4) is 0 Å². The molecule has 0 amide bonds. The Balaban J connectivity index is 2.33. The summed E-state index contributed by atoms with van der Waals surface area (Å²) in [4.78, 5) is 0. The minimum atomic E-state index is -3.15. The van der Waals surface area contributed by atoms with Crippen LogP contribution in [0.4, 0.5) is 0 Å². The molecule has 0 aromatic heterocycles. The second kappa shape index (κ2) is 6.79. The second-order valence-electron chi connectivity index (χ2n) is 4.25. The van der Waals surface area contributed by atoms with Crippen LogP contribution in [-0.4, -0.2) is 39.3 Å². The first-order chi connectivity index (χ1) is 7.55. The van der Waals surface area contributed by atoms with Crippen molar-refractivity contribution >= 4 is 21.6 Å². The number of hydrogen-bond donors (Lipinski definition) is 1. The van der Waals surface area contributed by atoms with Crippen molar-refractivity contribution in [2.45, 2.75) is 32.2 Å². The quantitative estimate of drug-likeness (QED) is 0.561. The van der Waals surface area contributed by atoms with Crippen LogP contribution in [-0.2, 0) is 14.8 Å². The highest BCUT2D eigenvalue weighted by Gasteiger charge is 2.25. The number of rotatable bonds is 7. The summed E-state index contributed by atoms with van der Waals surface area (Å²) in [5, 5.41) is 0. The summed E-state index contributed by atoms with van der Waals surface area (Å²) in [5.74, 6) is 0.988. The van der Waals surface area contributed by atoms with Crippen molar-refractivity contribution in [3.8, 4) is 0 Å². The summed E-state index contributed by atoms with van der Waals surface area (Å²) in [6.07, 6.45) is 2.29. The Morgan fingerprint density at radius 1 is 1.50 bits per heavy atom. The van der Waals surface area contributed by atoms with E-state index in [4.69, 9.17) is 16.3 Å². The minimum absolute atomic E-state index is 0.0384. The third kappa shape index (κ3) is 4.99. The predicted molar refractivity (Wildman–Crippen MR) is 65.3 cm³/mol. The van der Waals surface area contributed by atoms with E-state index >= 15 is 0 Å². The molecular formula is C10H20ClNO3S. The van der Waals surface area contributed by atoms with E-state index in [1.165, 1.54) is 0 Å². The molecule has 1 aliphatic rings. The van der Waals surface area contributed by atoms with E-state index in [9.17, 15) is 8.42 Å².